The van der Waals surface area contributed by atoms with E-state index in [4.69, 9.17) is 15.7 Å². The zero-order chi connectivity index (χ0) is 14.5. The fraction of sp³-hybridized carbons (Fsp3) is 0.500. The molecule has 1 aliphatic heterocycles. The average Bonchev–Trinajstić information content (AvgIpc) is 2.47. The molecule has 5 nitrogen and oxygen atoms in total. The number of rotatable bonds is 4. The molecule has 0 radical (unpaired) electrons. The Morgan fingerprint density at radius 2 is 2.40 bits per heavy atom. The van der Waals surface area contributed by atoms with E-state index in [2.05, 4.69) is 26.0 Å². The van der Waals surface area contributed by atoms with Crippen molar-refractivity contribution in [3.8, 4) is 0 Å². The lowest BCUT2D eigenvalue weighted by atomic mass is 10.0. The van der Waals surface area contributed by atoms with E-state index < -0.39 is 0 Å². The molecule has 1 unspecified atom stereocenters. The second-order valence-corrected chi connectivity index (χ2v) is 5.94. The number of hydrogen-bond acceptors (Lipinski definition) is 4. The zero-order valence-corrected chi connectivity index (χ0v) is 13.1. The molecule has 1 heterocycles. The molecule has 1 atom stereocenters. The fourth-order valence-corrected chi connectivity index (χ4v) is 3.13. The minimum Gasteiger partial charge on any atom is -0.409 e. The highest BCUT2D eigenvalue weighted by Crippen LogP contribution is 2.28. The molecule has 0 aliphatic carbocycles. The molecular formula is C14H20BrN3O2. The number of amidine groups is 1. The van der Waals surface area contributed by atoms with Gasteiger partial charge in [0.15, 0.2) is 5.84 Å². The smallest absolute Gasteiger partial charge is 0.173 e. The maximum atomic E-state index is 8.94. The lowest BCUT2D eigenvalue weighted by Gasteiger charge is -2.29. The second-order valence-electron chi connectivity index (χ2n) is 5.08. The summed E-state index contributed by atoms with van der Waals surface area (Å²) in [6.45, 7) is 2.56. The Labute approximate surface area is 127 Å². The van der Waals surface area contributed by atoms with E-state index in [1.807, 2.05) is 25.2 Å². The van der Waals surface area contributed by atoms with E-state index in [1.165, 1.54) is 6.42 Å². The molecule has 1 aliphatic rings. The molecule has 6 heteroatoms. The Bertz CT molecular complexity index is 487. The summed E-state index contributed by atoms with van der Waals surface area (Å²) < 4.78 is 6.33. The predicted molar refractivity (Wildman–Crippen MR) is 83.5 cm³/mol. The first-order chi connectivity index (χ1) is 9.63. The second kappa shape index (κ2) is 6.95. The summed E-state index contributed by atoms with van der Waals surface area (Å²) in [5, 5.41) is 12.1. The van der Waals surface area contributed by atoms with Crippen LogP contribution in [0.5, 0.6) is 0 Å². The van der Waals surface area contributed by atoms with Crippen LogP contribution in [0.3, 0.4) is 0 Å². The van der Waals surface area contributed by atoms with Crippen LogP contribution in [0.4, 0.5) is 5.69 Å². The third kappa shape index (κ3) is 3.43. The number of oxime groups is 1. The van der Waals surface area contributed by atoms with Gasteiger partial charge in [-0.05, 0) is 46.8 Å². The maximum absolute atomic E-state index is 8.94. The molecule has 1 aromatic carbocycles. The SMILES string of the molecule is CN(CC1CCCOC1)c1cccc(Br)c1/C(N)=N/O. The highest BCUT2D eigenvalue weighted by Gasteiger charge is 2.19. The van der Waals surface area contributed by atoms with Crippen LogP contribution in [0.1, 0.15) is 18.4 Å². The first kappa shape index (κ1) is 15.1. The van der Waals surface area contributed by atoms with Crippen molar-refractivity contribution in [2.45, 2.75) is 12.8 Å². The Kier molecular flexibility index (Phi) is 5.25. The van der Waals surface area contributed by atoms with Crippen molar-refractivity contribution >= 4 is 27.5 Å². The number of benzene rings is 1. The van der Waals surface area contributed by atoms with Gasteiger partial charge in [0.05, 0.1) is 12.2 Å². The molecule has 3 N–H and O–H groups in total. The van der Waals surface area contributed by atoms with Gasteiger partial charge in [0.2, 0.25) is 0 Å². The molecule has 20 heavy (non-hydrogen) atoms. The number of nitrogens with zero attached hydrogens (tertiary/aromatic N) is 2. The summed E-state index contributed by atoms with van der Waals surface area (Å²) in [7, 11) is 2.02. The molecule has 1 saturated heterocycles. The molecule has 0 amide bonds. The zero-order valence-electron chi connectivity index (χ0n) is 11.6. The number of ether oxygens (including phenoxy) is 1. The van der Waals surface area contributed by atoms with Crippen molar-refractivity contribution in [1.82, 2.24) is 0 Å². The molecule has 1 aromatic rings. The Hall–Kier alpha value is -1.27. The van der Waals surface area contributed by atoms with Crippen molar-refractivity contribution in [1.29, 1.82) is 0 Å². The van der Waals surface area contributed by atoms with Gasteiger partial charge >= 0.3 is 0 Å². The van der Waals surface area contributed by atoms with Gasteiger partial charge in [-0.1, -0.05) is 11.2 Å². The minimum absolute atomic E-state index is 0.110. The summed E-state index contributed by atoms with van der Waals surface area (Å²) >= 11 is 3.46. The molecule has 0 bridgehead atoms. The fourth-order valence-electron chi connectivity index (χ4n) is 2.57. The van der Waals surface area contributed by atoms with E-state index in [9.17, 15) is 0 Å². The third-order valence-corrected chi connectivity index (χ3v) is 4.21. The molecule has 1 fully saturated rings. The van der Waals surface area contributed by atoms with Crippen LogP contribution < -0.4 is 10.6 Å². The normalized spacial score (nSPS) is 19.9. The quantitative estimate of drug-likeness (QED) is 0.382. The van der Waals surface area contributed by atoms with Gasteiger partial charge in [-0.25, -0.2) is 0 Å². The lowest BCUT2D eigenvalue weighted by molar-refractivity contribution is 0.0576. The number of halogens is 1. The third-order valence-electron chi connectivity index (χ3n) is 3.55. The summed E-state index contributed by atoms with van der Waals surface area (Å²) in [6, 6.07) is 5.80. The first-order valence-electron chi connectivity index (χ1n) is 6.68. The molecule has 0 aromatic heterocycles. The van der Waals surface area contributed by atoms with Gasteiger partial charge in [0, 0.05) is 30.4 Å². The van der Waals surface area contributed by atoms with E-state index in [-0.39, 0.29) is 5.84 Å². The van der Waals surface area contributed by atoms with Crippen molar-refractivity contribution in [2.75, 3.05) is 31.7 Å². The van der Waals surface area contributed by atoms with E-state index >= 15 is 0 Å². The van der Waals surface area contributed by atoms with E-state index in [0.29, 0.717) is 11.5 Å². The Balaban J connectivity index is 2.20. The summed E-state index contributed by atoms with van der Waals surface area (Å²) in [5.41, 5.74) is 7.45. The van der Waals surface area contributed by atoms with Gasteiger partial charge in [-0.2, -0.15) is 0 Å². The van der Waals surface area contributed by atoms with Crippen LogP contribution in [0.2, 0.25) is 0 Å². The van der Waals surface area contributed by atoms with Crippen molar-refractivity contribution < 1.29 is 9.94 Å². The number of anilines is 1. The average molecular weight is 342 g/mol. The topological polar surface area (TPSA) is 71.1 Å². The number of hydrogen-bond donors (Lipinski definition) is 2. The van der Waals surface area contributed by atoms with Crippen molar-refractivity contribution in [3.05, 3.63) is 28.2 Å². The standard InChI is InChI=1S/C14H20BrN3O2/c1-18(8-10-4-3-7-20-9-10)12-6-2-5-11(15)13(12)14(16)17-19/h2,5-6,10,19H,3-4,7-9H2,1H3,(H2,16,17). The molecule has 2 rings (SSSR count). The van der Waals surface area contributed by atoms with E-state index in [0.717, 1.165) is 36.3 Å². The Morgan fingerprint density at radius 3 is 3.05 bits per heavy atom. The van der Waals surface area contributed by atoms with Gasteiger partial charge in [-0.15, -0.1) is 0 Å². The highest BCUT2D eigenvalue weighted by molar-refractivity contribution is 9.10. The van der Waals surface area contributed by atoms with Crippen LogP contribution >= 0.6 is 15.9 Å². The molecule has 110 valence electrons. The monoisotopic (exact) mass is 341 g/mol. The van der Waals surface area contributed by atoms with Gasteiger partial charge < -0.3 is 20.6 Å². The minimum atomic E-state index is 0.110. The van der Waals surface area contributed by atoms with Crippen molar-refractivity contribution in [3.63, 3.8) is 0 Å². The summed E-state index contributed by atoms with van der Waals surface area (Å²) in [5.74, 6) is 0.632. The molecule has 0 saturated carbocycles. The van der Waals surface area contributed by atoms with Crippen LogP contribution in [0.25, 0.3) is 0 Å². The lowest BCUT2D eigenvalue weighted by Crippen LogP contribution is -2.32. The summed E-state index contributed by atoms with van der Waals surface area (Å²) in [6.07, 6.45) is 2.29. The van der Waals surface area contributed by atoms with Gasteiger partial charge in [-0.3, -0.25) is 0 Å². The van der Waals surface area contributed by atoms with E-state index in [1.54, 1.807) is 0 Å². The van der Waals surface area contributed by atoms with Crippen LogP contribution in [-0.4, -0.2) is 37.8 Å². The molecule has 0 spiro atoms. The van der Waals surface area contributed by atoms with Gasteiger partial charge in [0.25, 0.3) is 0 Å². The first-order valence-corrected chi connectivity index (χ1v) is 7.48. The molecular weight excluding hydrogens is 322 g/mol. The van der Waals surface area contributed by atoms with Crippen LogP contribution in [0.15, 0.2) is 27.8 Å². The predicted octanol–water partition coefficient (Wildman–Crippen LogP) is 2.41. The van der Waals surface area contributed by atoms with Crippen LogP contribution in [0, 0.1) is 5.92 Å². The summed E-state index contributed by atoms with van der Waals surface area (Å²) in [4.78, 5) is 2.14. The van der Waals surface area contributed by atoms with Crippen molar-refractivity contribution in [2.24, 2.45) is 16.8 Å². The maximum Gasteiger partial charge on any atom is 0.173 e. The largest absolute Gasteiger partial charge is 0.409 e. The van der Waals surface area contributed by atoms with Gasteiger partial charge in [0.1, 0.15) is 0 Å². The highest BCUT2D eigenvalue weighted by atomic mass is 79.9. The Morgan fingerprint density at radius 1 is 1.60 bits per heavy atom. The van der Waals surface area contributed by atoms with Crippen LogP contribution in [-0.2, 0) is 4.74 Å². The number of nitrogens with two attached hydrogens (primary N) is 1.